The Morgan fingerprint density at radius 3 is 2.45 bits per heavy atom. The van der Waals surface area contributed by atoms with Crippen LogP contribution in [0.1, 0.15) is 57.2 Å². The van der Waals surface area contributed by atoms with E-state index in [4.69, 9.17) is 9.40 Å². The Kier molecular flexibility index (Phi) is 4.12. The third-order valence-electron chi connectivity index (χ3n) is 7.91. The summed E-state index contributed by atoms with van der Waals surface area (Å²) < 4.78 is 8.99. The molecule has 0 bridgehead atoms. The van der Waals surface area contributed by atoms with E-state index in [0.29, 0.717) is 0 Å². The van der Waals surface area contributed by atoms with Gasteiger partial charge in [-0.25, -0.2) is 4.57 Å². The van der Waals surface area contributed by atoms with E-state index in [-0.39, 0.29) is 10.8 Å². The molecule has 6 rings (SSSR count). The van der Waals surface area contributed by atoms with Gasteiger partial charge in [-0.2, -0.15) is 0 Å². The molecular weight excluding hydrogens is 404 g/mol. The molecule has 0 saturated heterocycles. The number of hydrogen-bond acceptors (Lipinski definition) is 2. The summed E-state index contributed by atoms with van der Waals surface area (Å²) in [6.07, 6.45) is 6.44. The molecule has 0 fully saturated rings. The average Bonchev–Trinajstić information content (AvgIpc) is 3.16. The Hall–Kier alpha value is -3.20. The predicted molar refractivity (Wildman–Crippen MR) is 136 cm³/mol. The van der Waals surface area contributed by atoms with Crippen LogP contribution in [0.5, 0.6) is 0 Å². The Labute approximate surface area is 195 Å². The second kappa shape index (κ2) is 6.66. The fourth-order valence-electron chi connectivity index (χ4n) is 5.91. The number of rotatable bonds is 1. The summed E-state index contributed by atoms with van der Waals surface area (Å²) in [5.74, 6) is 0. The van der Waals surface area contributed by atoms with Gasteiger partial charge in [0.1, 0.15) is 18.1 Å². The smallest absolute Gasteiger partial charge is 0.216 e. The molecule has 0 aliphatic heterocycles. The van der Waals surface area contributed by atoms with Crippen molar-refractivity contribution < 1.29 is 8.98 Å². The zero-order chi connectivity index (χ0) is 23.1. The third-order valence-corrected chi connectivity index (χ3v) is 7.91. The highest BCUT2D eigenvalue weighted by Crippen LogP contribution is 2.50. The largest absolute Gasteiger partial charge is 0.453 e. The summed E-state index contributed by atoms with van der Waals surface area (Å²) in [7, 11) is 2.08. The van der Waals surface area contributed by atoms with Crippen molar-refractivity contribution in [3.63, 3.8) is 0 Å². The fourth-order valence-corrected chi connectivity index (χ4v) is 5.91. The minimum atomic E-state index is 0.0929. The van der Waals surface area contributed by atoms with Crippen molar-refractivity contribution in [1.29, 1.82) is 0 Å². The van der Waals surface area contributed by atoms with Crippen molar-refractivity contribution in [2.24, 2.45) is 7.05 Å². The summed E-state index contributed by atoms with van der Waals surface area (Å²) in [6.45, 7) is 11.7. The van der Waals surface area contributed by atoms with E-state index in [1.54, 1.807) is 0 Å². The molecule has 0 amide bonds. The second-order valence-corrected chi connectivity index (χ2v) is 11.1. The first-order valence-electron chi connectivity index (χ1n) is 11.9. The molecule has 5 aromatic rings. The monoisotopic (exact) mass is 435 g/mol. The Balaban J connectivity index is 1.80. The highest BCUT2D eigenvalue weighted by molar-refractivity contribution is 6.17. The molecule has 166 valence electrons. The normalized spacial score (nSPS) is 17.0. The summed E-state index contributed by atoms with van der Waals surface area (Å²) in [5.41, 5.74) is 9.33. The van der Waals surface area contributed by atoms with Crippen molar-refractivity contribution in [2.75, 3.05) is 0 Å². The van der Waals surface area contributed by atoms with E-state index in [9.17, 15) is 0 Å². The maximum atomic E-state index is 6.84. The molecule has 0 N–H and O–H groups in total. The third kappa shape index (κ3) is 2.81. The van der Waals surface area contributed by atoms with Gasteiger partial charge in [-0.15, -0.1) is 0 Å². The molecular formula is C30H31N2O+. The van der Waals surface area contributed by atoms with Gasteiger partial charge in [-0.3, -0.25) is 4.98 Å². The number of nitrogens with zero attached hydrogens (tertiary/aromatic N) is 2. The Bertz CT molecular complexity index is 1590. The summed E-state index contributed by atoms with van der Waals surface area (Å²) in [6, 6.07) is 15.4. The van der Waals surface area contributed by atoms with Crippen LogP contribution in [0.4, 0.5) is 0 Å². The first kappa shape index (κ1) is 20.4. The van der Waals surface area contributed by atoms with Crippen LogP contribution in [-0.4, -0.2) is 4.98 Å². The molecule has 1 aliphatic rings. The summed E-state index contributed by atoms with van der Waals surface area (Å²) >= 11 is 0. The molecule has 0 atom stereocenters. The molecule has 1 aliphatic carbocycles. The van der Waals surface area contributed by atoms with Gasteiger partial charge in [0.2, 0.25) is 5.69 Å². The van der Waals surface area contributed by atoms with Crippen LogP contribution in [0.3, 0.4) is 0 Å². The van der Waals surface area contributed by atoms with Crippen LogP contribution >= 0.6 is 0 Å². The lowest BCUT2D eigenvalue weighted by molar-refractivity contribution is -0.660. The summed E-state index contributed by atoms with van der Waals surface area (Å²) in [4.78, 5) is 4.87. The molecule has 0 saturated carbocycles. The second-order valence-electron chi connectivity index (χ2n) is 11.1. The van der Waals surface area contributed by atoms with Gasteiger partial charge in [0.25, 0.3) is 0 Å². The Morgan fingerprint density at radius 1 is 0.909 bits per heavy atom. The number of fused-ring (bicyclic) bond motifs is 7. The van der Waals surface area contributed by atoms with Crippen LogP contribution < -0.4 is 4.57 Å². The van der Waals surface area contributed by atoms with E-state index in [1.807, 2.05) is 6.20 Å². The van der Waals surface area contributed by atoms with Gasteiger partial charge in [0.05, 0.1) is 5.56 Å². The van der Waals surface area contributed by atoms with Crippen molar-refractivity contribution in [3.05, 3.63) is 71.5 Å². The highest BCUT2D eigenvalue weighted by atomic mass is 16.3. The molecule has 0 radical (unpaired) electrons. The van der Waals surface area contributed by atoms with Crippen LogP contribution in [0.15, 0.2) is 59.3 Å². The molecule has 3 aromatic heterocycles. The minimum Gasteiger partial charge on any atom is -0.453 e. The van der Waals surface area contributed by atoms with Crippen molar-refractivity contribution in [1.82, 2.24) is 4.98 Å². The van der Waals surface area contributed by atoms with E-state index in [1.165, 1.54) is 34.7 Å². The zero-order valence-electron chi connectivity index (χ0n) is 20.4. The molecule has 3 heterocycles. The van der Waals surface area contributed by atoms with Crippen LogP contribution in [0.2, 0.25) is 0 Å². The first-order valence-corrected chi connectivity index (χ1v) is 11.9. The SMILES string of the molecule is Cc1cnc2c(oc3c2ccc2ccc4c(c23)C(C)(C)CCC4(C)C)c1-c1cccc[n+]1C. The topological polar surface area (TPSA) is 29.9 Å². The van der Waals surface area contributed by atoms with Gasteiger partial charge in [0.15, 0.2) is 11.8 Å². The number of benzene rings is 2. The van der Waals surface area contributed by atoms with E-state index in [2.05, 4.69) is 94.9 Å². The van der Waals surface area contributed by atoms with Crippen molar-refractivity contribution >= 4 is 32.8 Å². The lowest BCUT2D eigenvalue weighted by Crippen LogP contribution is -2.34. The first-order chi connectivity index (χ1) is 15.7. The lowest BCUT2D eigenvalue weighted by Gasteiger charge is -2.42. The van der Waals surface area contributed by atoms with Gasteiger partial charge in [-0.1, -0.05) is 45.9 Å². The highest BCUT2D eigenvalue weighted by Gasteiger charge is 2.39. The number of furan rings is 1. The quantitative estimate of drug-likeness (QED) is 0.259. The number of pyridine rings is 2. The van der Waals surface area contributed by atoms with Crippen LogP contribution in [-0.2, 0) is 17.9 Å². The van der Waals surface area contributed by atoms with Gasteiger partial charge < -0.3 is 4.42 Å². The van der Waals surface area contributed by atoms with Crippen molar-refractivity contribution in [2.45, 2.75) is 58.3 Å². The fraction of sp³-hybridized carbons (Fsp3) is 0.333. The molecule has 3 nitrogen and oxygen atoms in total. The predicted octanol–water partition coefficient (Wildman–Crippen LogP) is 7.28. The maximum Gasteiger partial charge on any atom is 0.216 e. The van der Waals surface area contributed by atoms with E-state index >= 15 is 0 Å². The van der Waals surface area contributed by atoms with Gasteiger partial charge in [-0.05, 0) is 64.8 Å². The Morgan fingerprint density at radius 2 is 1.67 bits per heavy atom. The number of aryl methyl sites for hydroxylation is 2. The van der Waals surface area contributed by atoms with Gasteiger partial charge in [0, 0.05) is 29.1 Å². The zero-order valence-corrected chi connectivity index (χ0v) is 20.4. The van der Waals surface area contributed by atoms with E-state index < -0.39 is 0 Å². The number of hydrogen-bond donors (Lipinski definition) is 0. The standard InChI is InChI=1S/C30H31N2O/c1-18-17-31-26-20-12-10-19-11-13-21-25(30(4,5)15-14-29(21,2)3)24(19)27(20)33-28(26)23(18)22-9-7-8-16-32(22)6/h7-13,16-17H,14-15H2,1-6H3/q+1. The van der Waals surface area contributed by atoms with Crippen LogP contribution in [0.25, 0.3) is 44.1 Å². The average molecular weight is 436 g/mol. The molecule has 2 aromatic carbocycles. The number of aromatic nitrogens is 2. The molecule has 33 heavy (non-hydrogen) atoms. The van der Waals surface area contributed by atoms with Gasteiger partial charge >= 0.3 is 0 Å². The van der Waals surface area contributed by atoms with E-state index in [0.717, 1.165) is 38.9 Å². The maximum absolute atomic E-state index is 6.84. The van der Waals surface area contributed by atoms with Crippen LogP contribution in [0, 0.1) is 6.92 Å². The lowest BCUT2D eigenvalue weighted by atomic mass is 9.62. The molecule has 0 spiro atoms. The molecule has 0 unspecified atom stereocenters. The minimum absolute atomic E-state index is 0.0929. The summed E-state index contributed by atoms with van der Waals surface area (Å²) in [5, 5.41) is 3.61. The van der Waals surface area contributed by atoms with Crippen molar-refractivity contribution in [3.8, 4) is 11.3 Å². The molecule has 3 heteroatoms.